The molecular formula is C22H21NO4. The minimum absolute atomic E-state index is 0.117. The van der Waals surface area contributed by atoms with Gasteiger partial charge < -0.3 is 14.6 Å². The third kappa shape index (κ3) is 3.59. The number of furan rings is 1. The van der Waals surface area contributed by atoms with E-state index in [9.17, 15) is 9.90 Å². The van der Waals surface area contributed by atoms with Gasteiger partial charge in [-0.25, -0.2) is 4.79 Å². The molecule has 1 fully saturated rings. The number of benzene rings is 2. The van der Waals surface area contributed by atoms with Crippen LogP contribution >= 0.6 is 0 Å². The van der Waals surface area contributed by atoms with Crippen LogP contribution in [0.25, 0.3) is 11.3 Å². The molecule has 0 radical (unpaired) electrons. The summed E-state index contributed by atoms with van der Waals surface area (Å²) in [6.07, 6.45) is 2.31. The second kappa shape index (κ2) is 7.29. The van der Waals surface area contributed by atoms with Crippen molar-refractivity contribution in [1.29, 1.82) is 0 Å². The Morgan fingerprint density at radius 3 is 2.67 bits per heavy atom. The predicted octanol–water partition coefficient (Wildman–Crippen LogP) is 4.69. The van der Waals surface area contributed by atoms with E-state index >= 15 is 0 Å². The average Bonchev–Trinajstić information content (AvgIpc) is 3.32. The van der Waals surface area contributed by atoms with Crippen molar-refractivity contribution in [1.82, 2.24) is 4.90 Å². The van der Waals surface area contributed by atoms with E-state index in [4.69, 9.17) is 9.52 Å². The Balaban J connectivity index is 1.51. The van der Waals surface area contributed by atoms with Crippen LogP contribution in [0.3, 0.4) is 0 Å². The van der Waals surface area contributed by atoms with Crippen LogP contribution < -0.4 is 0 Å². The summed E-state index contributed by atoms with van der Waals surface area (Å²) in [6, 6.07) is 19.2. The zero-order chi connectivity index (χ0) is 18.8. The van der Waals surface area contributed by atoms with Crippen molar-refractivity contribution in [2.24, 2.45) is 0 Å². The van der Waals surface area contributed by atoms with E-state index in [-0.39, 0.29) is 11.3 Å². The molecule has 1 saturated heterocycles. The zero-order valence-corrected chi connectivity index (χ0v) is 14.8. The average molecular weight is 363 g/mol. The molecule has 1 aliphatic rings. The summed E-state index contributed by atoms with van der Waals surface area (Å²) >= 11 is 0. The van der Waals surface area contributed by atoms with E-state index in [2.05, 4.69) is 29.2 Å². The Morgan fingerprint density at radius 2 is 1.93 bits per heavy atom. The first-order chi connectivity index (χ1) is 13.1. The molecule has 0 bridgehead atoms. The van der Waals surface area contributed by atoms with Gasteiger partial charge in [0.25, 0.3) is 0 Å². The Kier molecular flexibility index (Phi) is 4.69. The lowest BCUT2D eigenvalue weighted by atomic mass is 10.0. The highest BCUT2D eigenvalue weighted by Crippen LogP contribution is 2.34. The molecule has 5 heteroatoms. The van der Waals surface area contributed by atoms with Gasteiger partial charge in [0.1, 0.15) is 22.8 Å². The molecule has 5 nitrogen and oxygen atoms in total. The van der Waals surface area contributed by atoms with E-state index in [0.29, 0.717) is 17.4 Å². The van der Waals surface area contributed by atoms with Gasteiger partial charge in [-0.3, -0.25) is 4.90 Å². The number of carboxylic acid groups (broad SMARTS) is 1. The Morgan fingerprint density at radius 1 is 1.11 bits per heavy atom. The van der Waals surface area contributed by atoms with Gasteiger partial charge in [-0.15, -0.1) is 0 Å². The molecule has 3 aromatic rings. The van der Waals surface area contributed by atoms with Crippen LogP contribution in [0.5, 0.6) is 5.75 Å². The molecule has 1 aromatic heterocycles. The Labute approximate surface area is 157 Å². The van der Waals surface area contributed by atoms with Gasteiger partial charge >= 0.3 is 5.97 Å². The van der Waals surface area contributed by atoms with Crippen molar-refractivity contribution < 1.29 is 19.4 Å². The molecular weight excluding hydrogens is 342 g/mol. The maximum absolute atomic E-state index is 11.0. The number of aromatic hydroxyl groups is 1. The van der Waals surface area contributed by atoms with Crippen molar-refractivity contribution in [3.05, 3.63) is 77.6 Å². The lowest BCUT2D eigenvalue weighted by Gasteiger charge is -2.23. The number of phenols is 1. The van der Waals surface area contributed by atoms with E-state index in [1.54, 1.807) is 6.07 Å². The van der Waals surface area contributed by atoms with Gasteiger partial charge in [0.05, 0.1) is 6.54 Å². The molecule has 0 saturated carbocycles. The van der Waals surface area contributed by atoms with Gasteiger partial charge in [0.2, 0.25) is 0 Å². The SMILES string of the molecule is O=C(O)c1ccc(-c2ccc(CN3CCC[C@H]3c3ccccc3)o2)cc1O. The highest BCUT2D eigenvalue weighted by molar-refractivity contribution is 5.91. The second-order valence-electron chi connectivity index (χ2n) is 6.84. The molecule has 0 unspecified atom stereocenters. The van der Waals surface area contributed by atoms with Crippen molar-refractivity contribution in [2.45, 2.75) is 25.4 Å². The van der Waals surface area contributed by atoms with Crippen LogP contribution in [0.2, 0.25) is 0 Å². The summed E-state index contributed by atoms with van der Waals surface area (Å²) in [4.78, 5) is 13.4. The summed E-state index contributed by atoms with van der Waals surface area (Å²) in [5, 5.41) is 18.9. The largest absolute Gasteiger partial charge is 0.507 e. The maximum Gasteiger partial charge on any atom is 0.339 e. The van der Waals surface area contributed by atoms with E-state index in [1.807, 2.05) is 18.2 Å². The van der Waals surface area contributed by atoms with Gasteiger partial charge in [-0.05, 0) is 49.2 Å². The molecule has 1 aliphatic heterocycles. The standard InChI is InChI=1S/C22H21NO4/c24-20-13-16(8-10-18(20)22(25)26)21-11-9-17(27-21)14-23-12-4-7-19(23)15-5-2-1-3-6-15/h1-3,5-6,8-11,13,19,24H,4,7,12,14H2,(H,25,26)/t19-/m0/s1. The lowest BCUT2D eigenvalue weighted by molar-refractivity contribution is 0.0693. The number of likely N-dealkylation sites (tertiary alicyclic amines) is 1. The minimum atomic E-state index is -1.15. The molecule has 0 spiro atoms. The first kappa shape index (κ1) is 17.4. The Bertz CT molecular complexity index is 948. The second-order valence-corrected chi connectivity index (χ2v) is 6.84. The van der Waals surface area contributed by atoms with Crippen molar-refractivity contribution >= 4 is 5.97 Å². The summed E-state index contributed by atoms with van der Waals surface area (Å²) < 4.78 is 5.97. The van der Waals surface area contributed by atoms with Crippen molar-refractivity contribution in [3.63, 3.8) is 0 Å². The van der Waals surface area contributed by atoms with Crippen molar-refractivity contribution in [3.8, 4) is 17.1 Å². The Hall–Kier alpha value is -3.05. The normalized spacial score (nSPS) is 17.3. The molecule has 0 aliphatic carbocycles. The fourth-order valence-electron chi connectivity index (χ4n) is 3.75. The highest BCUT2D eigenvalue weighted by atomic mass is 16.4. The van der Waals surface area contributed by atoms with Crippen LogP contribution in [0.1, 0.15) is 40.6 Å². The third-order valence-corrected chi connectivity index (χ3v) is 5.08. The molecule has 4 rings (SSSR count). The number of hydrogen-bond acceptors (Lipinski definition) is 4. The van der Waals surface area contributed by atoms with Crippen LogP contribution in [0, 0.1) is 0 Å². The third-order valence-electron chi connectivity index (χ3n) is 5.08. The minimum Gasteiger partial charge on any atom is -0.507 e. The van der Waals surface area contributed by atoms with Gasteiger partial charge in [0.15, 0.2) is 0 Å². The molecule has 2 aromatic carbocycles. The number of carbonyl (C=O) groups is 1. The molecule has 27 heavy (non-hydrogen) atoms. The van der Waals surface area contributed by atoms with E-state index in [1.165, 1.54) is 17.7 Å². The predicted molar refractivity (Wildman–Crippen MR) is 102 cm³/mol. The molecule has 0 amide bonds. The van der Waals surface area contributed by atoms with Crippen LogP contribution in [0.4, 0.5) is 0 Å². The smallest absolute Gasteiger partial charge is 0.339 e. The number of hydrogen-bond donors (Lipinski definition) is 2. The molecule has 2 N–H and O–H groups in total. The zero-order valence-electron chi connectivity index (χ0n) is 14.8. The molecule has 1 atom stereocenters. The van der Waals surface area contributed by atoms with Gasteiger partial charge in [-0.2, -0.15) is 0 Å². The lowest BCUT2D eigenvalue weighted by Crippen LogP contribution is -2.22. The highest BCUT2D eigenvalue weighted by Gasteiger charge is 2.26. The van der Waals surface area contributed by atoms with E-state index < -0.39 is 5.97 Å². The van der Waals surface area contributed by atoms with Crippen LogP contribution in [-0.4, -0.2) is 27.6 Å². The summed E-state index contributed by atoms with van der Waals surface area (Å²) in [5.74, 6) is 0.0594. The summed E-state index contributed by atoms with van der Waals surface area (Å²) in [6.45, 7) is 1.75. The fourth-order valence-corrected chi connectivity index (χ4v) is 3.75. The fraction of sp³-hybridized carbons (Fsp3) is 0.227. The summed E-state index contributed by atoms with van der Waals surface area (Å²) in [7, 11) is 0. The van der Waals surface area contributed by atoms with Crippen LogP contribution in [0.15, 0.2) is 65.1 Å². The first-order valence-electron chi connectivity index (χ1n) is 9.06. The first-order valence-corrected chi connectivity index (χ1v) is 9.06. The van der Waals surface area contributed by atoms with Crippen molar-refractivity contribution in [2.75, 3.05) is 6.54 Å². The number of carboxylic acids is 1. The monoisotopic (exact) mass is 363 g/mol. The molecule has 2 heterocycles. The van der Waals surface area contributed by atoms with Gasteiger partial charge in [0, 0.05) is 11.6 Å². The number of nitrogens with zero attached hydrogens (tertiary/aromatic N) is 1. The quantitative estimate of drug-likeness (QED) is 0.688. The van der Waals surface area contributed by atoms with Crippen LogP contribution in [-0.2, 0) is 6.54 Å². The number of rotatable bonds is 5. The maximum atomic E-state index is 11.0. The topological polar surface area (TPSA) is 73.9 Å². The van der Waals surface area contributed by atoms with Gasteiger partial charge in [-0.1, -0.05) is 36.4 Å². The number of aromatic carboxylic acids is 1. The van der Waals surface area contributed by atoms with E-state index in [0.717, 1.165) is 31.7 Å². The molecule has 138 valence electrons. The summed E-state index contributed by atoms with van der Waals surface area (Å²) in [5.41, 5.74) is 1.87.